The third-order valence-electron chi connectivity index (χ3n) is 1.78. The summed E-state index contributed by atoms with van der Waals surface area (Å²) in [4.78, 5) is 0.0346. The van der Waals surface area contributed by atoms with Gasteiger partial charge in [0.1, 0.15) is 0 Å². The first-order valence-electron chi connectivity index (χ1n) is 4.23. The Hall–Kier alpha value is -1.61. The van der Waals surface area contributed by atoms with E-state index < -0.39 is 9.84 Å². The van der Waals surface area contributed by atoms with Crippen molar-refractivity contribution in [2.75, 3.05) is 0 Å². The van der Waals surface area contributed by atoms with Gasteiger partial charge in [0.15, 0.2) is 0 Å². The lowest BCUT2D eigenvalue weighted by Crippen LogP contribution is -2.02. The maximum atomic E-state index is 11.9. The normalized spacial score (nSPS) is 11.2. The number of sulfone groups is 1. The number of benzene rings is 2. The lowest BCUT2D eigenvalue weighted by atomic mass is 10.4. The second-order valence-corrected chi connectivity index (χ2v) is 4.61. The molecular formula is C12H6O2S. The van der Waals surface area contributed by atoms with Crippen LogP contribution in [0.25, 0.3) is 0 Å². The van der Waals surface area contributed by atoms with Crippen LogP contribution in [-0.4, -0.2) is 8.42 Å². The topological polar surface area (TPSA) is 34.1 Å². The Labute approximate surface area is 89.1 Å². The average molecular weight is 214 g/mol. The molecule has 2 nitrogen and oxygen atoms in total. The molecule has 0 amide bonds. The van der Waals surface area contributed by atoms with E-state index in [0.717, 1.165) is 0 Å². The lowest BCUT2D eigenvalue weighted by molar-refractivity contribution is 0.595. The van der Waals surface area contributed by atoms with Crippen molar-refractivity contribution in [1.82, 2.24) is 0 Å². The highest BCUT2D eigenvalue weighted by molar-refractivity contribution is 7.91. The molecule has 0 heterocycles. The molecule has 0 N–H and O–H groups in total. The summed E-state index contributed by atoms with van der Waals surface area (Å²) in [6.45, 7) is 0. The quantitative estimate of drug-likeness (QED) is 0.762. The summed E-state index contributed by atoms with van der Waals surface area (Å²) in [5, 5.41) is 0. The molecule has 0 bridgehead atoms. The van der Waals surface area contributed by atoms with Gasteiger partial charge in [-0.3, -0.25) is 0 Å². The van der Waals surface area contributed by atoms with E-state index in [4.69, 9.17) is 0 Å². The smallest absolute Gasteiger partial charge is 0.209 e. The summed E-state index contributed by atoms with van der Waals surface area (Å²) in [6, 6.07) is 20.0. The van der Waals surface area contributed by atoms with Crippen molar-refractivity contribution < 1.29 is 8.42 Å². The average Bonchev–Trinajstić information content (AvgIpc) is 2.31. The van der Waals surface area contributed by atoms with Crippen molar-refractivity contribution in [3.63, 3.8) is 0 Å². The number of hydrogen-bond donors (Lipinski definition) is 0. The monoisotopic (exact) mass is 214 g/mol. The van der Waals surface area contributed by atoms with Crippen LogP contribution in [0.2, 0.25) is 0 Å². The Morgan fingerprint density at radius 2 is 1.07 bits per heavy atom. The van der Waals surface area contributed by atoms with E-state index in [1.54, 1.807) is 12.1 Å². The highest BCUT2D eigenvalue weighted by Crippen LogP contribution is 2.17. The Kier molecular flexibility index (Phi) is 2.56. The molecule has 72 valence electrons. The first kappa shape index (κ1) is 9.93. The Balaban J connectivity index is 2.55. The summed E-state index contributed by atoms with van der Waals surface area (Å²) in [6.07, 6.45) is 0. The molecule has 0 saturated carbocycles. The van der Waals surface area contributed by atoms with Gasteiger partial charge in [-0.15, -0.1) is 0 Å². The molecule has 0 atom stereocenters. The van der Waals surface area contributed by atoms with Crippen molar-refractivity contribution in [3.05, 3.63) is 60.7 Å². The van der Waals surface area contributed by atoms with Gasteiger partial charge in [0.2, 0.25) is 9.84 Å². The third-order valence-corrected chi connectivity index (χ3v) is 3.33. The SMILES string of the molecule is O=S(=O)(c1[c]ccc[c]1)c1[c]ccc[c]1. The zero-order valence-corrected chi connectivity index (χ0v) is 8.51. The molecule has 3 heteroatoms. The maximum Gasteiger partial charge on any atom is 0.209 e. The van der Waals surface area contributed by atoms with Crippen LogP contribution in [0.4, 0.5) is 0 Å². The van der Waals surface area contributed by atoms with Gasteiger partial charge in [0, 0.05) is 24.3 Å². The summed E-state index contributed by atoms with van der Waals surface area (Å²) in [7, 11) is -3.56. The van der Waals surface area contributed by atoms with E-state index in [1.165, 1.54) is 24.3 Å². The zero-order valence-electron chi connectivity index (χ0n) is 7.69. The van der Waals surface area contributed by atoms with Crippen molar-refractivity contribution >= 4 is 9.84 Å². The third kappa shape index (κ3) is 1.92. The highest BCUT2D eigenvalue weighted by atomic mass is 32.2. The van der Waals surface area contributed by atoms with Crippen molar-refractivity contribution in [2.24, 2.45) is 0 Å². The minimum absolute atomic E-state index is 0.0173. The Bertz CT molecular complexity index is 485. The van der Waals surface area contributed by atoms with E-state index in [0.29, 0.717) is 0 Å². The van der Waals surface area contributed by atoms with Crippen molar-refractivity contribution in [2.45, 2.75) is 9.79 Å². The second kappa shape index (κ2) is 3.87. The second-order valence-electron chi connectivity index (χ2n) is 2.79. The van der Waals surface area contributed by atoms with Crippen LogP contribution in [0.1, 0.15) is 0 Å². The predicted octanol–water partition coefficient (Wildman–Crippen LogP) is 1.72. The molecule has 0 aliphatic carbocycles. The van der Waals surface area contributed by atoms with Crippen LogP contribution in [0, 0.1) is 24.3 Å². The van der Waals surface area contributed by atoms with Gasteiger partial charge in [-0.05, 0) is 0 Å². The Morgan fingerprint density at radius 1 is 0.733 bits per heavy atom. The molecule has 2 rings (SSSR count). The zero-order chi connectivity index (χ0) is 10.7. The molecule has 4 radical (unpaired) electrons. The maximum absolute atomic E-state index is 11.9. The van der Waals surface area contributed by atoms with Gasteiger partial charge >= 0.3 is 0 Å². The fourth-order valence-corrected chi connectivity index (χ4v) is 2.18. The molecule has 0 spiro atoms. The summed E-state index contributed by atoms with van der Waals surface area (Å²) in [5.74, 6) is 0. The van der Waals surface area contributed by atoms with Crippen LogP contribution < -0.4 is 0 Å². The predicted molar refractivity (Wildman–Crippen MR) is 53.7 cm³/mol. The van der Waals surface area contributed by atoms with Gasteiger partial charge in [0.25, 0.3) is 0 Å². The van der Waals surface area contributed by atoms with E-state index >= 15 is 0 Å². The van der Waals surface area contributed by atoms with E-state index in [9.17, 15) is 8.42 Å². The van der Waals surface area contributed by atoms with Crippen LogP contribution in [0.3, 0.4) is 0 Å². The minimum Gasteiger partial charge on any atom is -0.218 e. The molecule has 2 aromatic carbocycles. The van der Waals surface area contributed by atoms with Crippen LogP contribution >= 0.6 is 0 Å². The molecule has 0 unspecified atom stereocenters. The van der Waals surface area contributed by atoms with Crippen molar-refractivity contribution in [1.29, 1.82) is 0 Å². The van der Waals surface area contributed by atoms with E-state index in [-0.39, 0.29) is 9.79 Å². The summed E-state index contributed by atoms with van der Waals surface area (Å²) < 4.78 is 23.8. The highest BCUT2D eigenvalue weighted by Gasteiger charge is 2.17. The molecule has 15 heavy (non-hydrogen) atoms. The minimum atomic E-state index is -3.56. The fourth-order valence-electron chi connectivity index (χ4n) is 1.09. The molecule has 0 saturated heterocycles. The first-order chi connectivity index (χ1) is 7.21. The van der Waals surface area contributed by atoms with Crippen LogP contribution in [0.5, 0.6) is 0 Å². The molecule has 0 aliphatic rings. The molecule has 0 fully saturated rings. The van der Waals surface area contributed by atoms with Gasteiger partial charge in [-0.1, -0.05) is 36.4 Å². The van der Waals surface area contributed by atoms with Crippen molar-refractivity contribution in [3.8, 4) is 0 Å². The van der Waals surface area contributed by atoms with E-state index in [2.05, 4.69) is 24.3 Å². The first-order valence-corrected chi connectivity index (χ1v) is 5.71. The number of hydrogen-bond acceptors (Lipinski definition) is 2. The van der Waals surface area contributed by atoms with Gasteiger partial charge in [0.05, 0.1) is 9.79 Å². The van der Waals surface area contributed by atoms with Crippen LogP contribution in [-0.2, 0) is 9.84 Å². The molecular weight excluding hydrogens is 208 g/mol. The standard InChI is InChI=1S/C12H6O2S/c13-15(14,11-7-3-1-4-8-11)12-9-5-2-6-10-12/h1-6H. The fraction of sp³-hybridized carbons (Fsp3) is 0. The summed E-state index contributed by atoms with van der Waals surface area (Å²) in [5.41, 5.74) is 0. The largest absolute Gasteiger partial charge is 0.218 e. The van der Waals surface area contributed by atoms with Gasteiger partial charge < -0.3 is 0 Å². The Morgan fingerprint density at radius 3 is 1.40 bits per heavy atom. The van der Waals surface area contributed by atoms with Gasteiger partial charge in [-0.25, -0.2) is 8.42 Å². The molecule has 0 aliphatic heterocycles. The number of rotatable bonds is 2. The van der Waals surface area contributed by atoms with E-state index in [1.807, 2.05) is 0 Å². The van der Waals surface area contributed by atoms with Crippen LogP contribution in [0.15, 0.2) is 46.2 Å². The molecule has 2 aromatic rings. The lowest BCUT2D eigenvalue weighted by Gasteiger charge is -2.01. The van der Waals surface area contributed by atoms with Gasteiger partial charge in [-0.2, -0.15) is 0 Å². The molecule has 0 aromatic heterocycles. The summed E-state index contributed by atoms with van der Waals surface area (Å²) >= 11 is 0.